The Morgan fingerprint density at radius 2 is 2.05 bits per heavy atom. The predicted molar refractivity (Wildman–Crippen MR) is 156 cm³/mol. The molecular weight excluding hydrogens is 526 g/mol. The first-order valence-corrected chi connectivity index (χ1v) is 13.4. The van der Waals surface area contributed by atoms with Crippen LogP contribution in [0.1, 0.15) is 34.9 Å². The molecule has 0 bridgehead atoms. The topological polar surface area (TPSA) is 104 Å². The number of aryl methyl sites for hydroxylation is 1. The van der Waals surface area contributed by atoms with Gasteiger partial charge in [-0.2, -0.15) is 0 Å². The van der Waals surface area contributed by atoms with Crippen molar-refractivity contribution in [1.82, 2.24) is 15.2 Å². The lowest BCUT2D eigenvalue weighted by Crippen LogP contribution is -2.49. The van der Waals surface area contributed by atoms with Crippen molar-refractivity contribution in [1.29, 1.82) is 0 Å². The summed E-state index contributed by atoms with van der Waals surface area (Å²) in [5.74, 6) is -0.632. The largest absolute Gasteiger partial charge is 0.457 e. The molecule has 0 radical (unpaired) electrons. The maximum atomic E-state index is 13.6. The summed E-state index contributed by atoms with van der Waals surface area (Å²) in [5.41, 5.74) is 2.00. The van der Waals surface area contributed by atoms with Crippen molar-refractivity contribution < 1.29 is 26.0 Å². The number of benzene rings is 2. The molecule has 4 amide bonds. The number of likely N-dealkylation sites (tertiary alicyclic amines) is 1. The number of piperidine rings is 1. The summed E-state index contributed by atoms with van der Waals surface area (Å²) in [4.78, 5) is 47.6. The number of carbonyl (C=O) groups excluding carboxylic acids is 3. The number of anilines is 3. The molecular formula is C30H27N5O4S. The molecule has 0 aliphatic carbocycles. The normalized spacial score (nSPS) is 18.2. The summed E-state index contributed by atoms with van der Waals surface area (Å²) >= 11 is 1.16. The number of carbonyl (C=O) groups is 3. The molecule has 2 aliphatic rings. The first-order chi connectivity index (χ1) is 21.5. The minimum Gasteiger partial charge on any atom is -0.457 e. The van der Waals surface area contributed by atoms with Crippen LogP contribution >= 0.6 is 11.3 Å². The number of thiophene rings is 1. The van der Waals surface area contributed by atoms with Crippen molar-refractivity contribution in [2.75, 3.05) is 23.3 Å². The van der Waals surface area contributed by atoms with E-state index in [1.807, 2.05) is 0 Å². The molecule has 9 nitrogen and oxygen atoms in total. The van der Waals surface area contributed by atoms with Gasteiger partial charge in [0, 0.05) is 25.3 Å². The zero-order valence-corrected chi connectivity index (χ0v) is 22.3. The molecule has 202 valence electrons. The zero-order chi connectivity index (χ0) is 32.2. The van der Waals surface area contributed by atoms with E-state index in [9.17, 15) is 14.4 Å². The Bertz CT molecular complexity index is 1900. The Labute approximate surface area is 242 Å². The summed E-state index contributed by atoms with van der Waals surface area (Å²) in [7, 11) is 0. The summed E-state index contributed by atoms with van der Waals surface area (Å²) in [6, 6.07) is 3.27. The van der Waals surface area contributed by atoms with E-state index < -0.39 is 36.2 Å². The van der Waals surface area contributed by atoms with Crippen molar-refractivity contribution in [2.24, 2.45) is 0 Å². The summed E-state index contributed by atoms with van der Waals surface area (Å²) in [6.07, 6.45) is 4.28. The highest BCUT2D eigenvalue weighted by Crippen LogP contribution is 2.46. The van der Waals surface area contributed by atoms with Gasteiger partial charge in [0.25, 0.3) is 5.91 Å². The zero-order valence-electron chi connectivity index (χ0n) is 26.5. The fourth-order valence-electron chi connectivity index (χ4n) is 5.01. The van der Waals surface area contributed by atoms with Crippen LogP contribution in [0.5, 0.6) is 11.5 Å². The van der Waals surface area contributed by atoms with Crippen molar-refractivity contribution in [3.8, 4) is 11.5 Å². The van der Waals surface area contributed by atoms with Gasteiger partial charge in [-0.1, -0.05) is 24.7 Å². The van der Waals surface area contributed by atoms with Crippen LogP contribution in [0, 0.1) is 6.92 Å². The minimum atomic E-state index is -0.516. The van der Waals surface area contributed by atoms with Gasteiger partial charge in [-0.3, -0.25) is 14.5 Å². The van der Waals surface area contributed by atoms with E-state index in [1.165, 1.54) is 11.0 Å². The van der Waals surface area contributed by atoms with Crippen molar-refractivity contribution >= 4 is 56.5 Å². The van der Waals surface area contributed by atoms with Crippen molar-refractivity contribution in [2.45, 2.75) is 25.8 Å². The standard InChI is InChI=1S/C30H27N5O4S/c1-3-24(36)34-15-7-8-19(17-34)32-28(37)27-26-25-23(13-14-31-29(25)40-27)35(30(38)33-26)22-12-11-21(16-18(22)2)39-20-9-5-4-6-10-20/h3-6,9-14,16,19H,1,7-8,15,17H2,2H3,(H,32,37)(H,33,38)/t19-/m1/s1/i4D,5D,6D,9D,10D. The third kappa shape index (κ3) is 4.66. The first-order valence-electron chi connectivity index (χ1n) is 15.1. The number of rotatable bonds is 6. The Balaban J connectivity index is 1.30. The van der Waals surface area contributed by atoms with Crippen LogP contribution in [-0.2, 0) is 4.79 Å². The highest BCUT2D eigenvalue weighted by atomic mass is 32.1. The summed E-state index contributed by atoms with van der Waals surface area (Å²) < 4.78 is 45.6. The van der Waals surface area contributed by atoms with Gasteiger partial charge >= 0.3 is 6.03 Å². The van der Waals surface area contributed by atoms with E-state index in [4.69, 9.17) is 11.6 Å². The number of urea groups is 1. The maximum Gasteiger partial charge on any atom is 0.331 e. The molecule has 4 aromatic rings. The molecule has 4 heterocycles. The second-order valence-electron chi connectivity index (χ2n) is 9.39. The molecule has 1 fully saturated rings. The second kappa shape index (κ2) is 10.5. The third-order valence-corrected chi connectivity index (χ3v) is 7.90. The van der Waals surface area contributed by atoms with Gasteiger partial charge in [0.1, 0.15) is 21.2 Å². The molecule has 10 heteroatoms. The SMILES string of the molecule is [2H]c1c([2H])c([2H])c(Oc2ccc(N3C(=O)Nc4c(C(=O)N[C@@H]5CCCN(C(=O)C=C)C5)sc5nccc3c45)c(C)c2)c([2H])c1[2H]. The van der Waals surface area contributed by atoms with E-state index in [-0.39, 0.29) is 29.4 Å². The lowest BCUT2D eigenvalue weighted by molar-refractivity contribution is -0.127. The Morgan fingerprint density at radius 3 is 2.83 bits per heavy atom. The molecule has 1 saturated heterocycles. The van der Waals surface area contributed by atoms with Gasteiger partial charge < -0.3 is 20.3 Å². The van der Waals surface area contributed by atoms with Gasteiger partial charge in [0.2, 0.25) is 5.91 Å². The van der Waals surface area contributed by atoms with Crippen LogP contribution in [-0.4, -0.2) is 46.9 Å². The molecule has 2 aromatic heterocycles. The monoisotopic (exact) mass is 558 g/mol. The Hall–Kier alpha value is -4.70. The van der Waals surface area contributed by atoms with E-state index in [1.54, 1.807) is 42.3 Å². The Morgan fingerprint density at radius 1 is 1.23 bits per heavy atom. The number of hydrogen-bond acceptors (Lipinski definition) is 6. The van der Waals surface area contributed by atoms with Crippen LogP contribution in [0.15, 0.2) is 73.3 Å². The number of ether oxygens (including phenoxy) is 1. The number of aromatic nitrogens is 1. The number of para-hydroxylation sites is 1. The van der Waals surface area contributed by atoms with Crippen LogP contribution in [0.3, 0.4) is 0 Å². The van der Waals surface area contributed by atoms with E-state index in [0.29, 0.717) is 57.2 Å². The molecule has 0 spiro atoms. The number of nitrogens with zero attached hydrogens (tertiary/aromatic N) is 3. The van der Waals surface area contributed by atoms with E-state index >= 15 is 0 Å². The van der Waals surface area contributed by atoms with Gasteiger partial charge in [-0.05, 0) is 67.8 Å². The molecule has 6 rings (SSSR count). The number of hydrogen-bond donors (Lipinski definition) is 2. The third-order valence-electron chi connectivity index (χ3n) is 6.80. The lowest BCUT2D eigenvalue weighted by atomic mass is 10.1. The molecule has 2 aliphatic heterocycles. The van der Waals surface area contributed by atoms with Gasteiger partial charge in [-0.25, -0.2) is 9.78 Å². The number of amides is 4. The maximum absolute atomic E-state index is 13.6. The Kier molecular flexibility index (Phi) is 5.29. The molecule has 2 aromatic carbocycles. The van der Waals surface area contributed by atoms with Gasteiger partial charge in [-0.15, -0.1) is 11.3 Å². The minimum absolute atomic E-state index is 0.184. The highest BCUT2D eigenvalue weighted by molar-refractivity contribution is 7.21. The van der Waals surface area contributed by atoms with Crippen molar-refractivity contribution in [3.63, 3.8) is 0 Å². The molecule has 0 unspecified atom stereocenters. The van der Waals surface area contributed by atoms with Crippen LogP contribution in [0.25, 0.3) is 10.2 Å². The average molecular weight is 559 g/mol. The quantitative estimate of drug-likeness (QED) is 0.283. The molecule has 40 heavy (non-hydrogen) atoms. The predicted octanol–water partition coefficient (Wildman–Crippen LogP) is 5.99. The first kappa shape index (κ1) is 20.2. The van der Waals surface area contributed by atoms with E-state index in [0.717, 1.165) is 17.8 Å². The highest BCUT2D eigenvalue weighted by Gasteiger charge is 2.34. The fraction of sp³-hybridized carbons (Fsp3) is 0.200. The number of nitrogens with one attached hydrogen (secondary N) is 2. The fourth-order valence-corrected chi connectivity index (χ4v) is 6.03. The van der Waals surface area contributed by atoms with Gasteiger partial charge in [0.05, 0.1) is 29.3 Å². The number of pyridine rings is 1. The average Bonchev–Trinajstić information content (AvgIpc) is 3.41. The lowest BCUT2D eigenvalue weighted by Gasteiger charge is -2.32. The van der Waals surface area contributed by atoms with Crippen LogP contribution < -0.4 is 20.3 Å². The molecule has 2 N–H and O–H groups in total. The second-order valence-corrected chi connectivity index (χ2v) is 10.4. The van der Waals surface area contributed by atoms with Crippen LogP contribution in [0.2, 0.25) is 0 Å². The summed E-state index contributed by atoms with van der Waals surface area (Å²) in [5, 5.41) is 6.49. The van der Waals surface area contributed by atoms with Crippen LogP contribution in [0.4, 0.5) is 21.9 Å². The van der Waals surface area contributed by atoms with Gasteiger partial charge in [0.15, 0.2) is 0 Å². The summed E-state index contributed by atoms with van der Waals surface area (Å²) in [6.45, 7) is 6.27. The molecule has 1 atom stereocenters. The van der Waals surface area contributed by atoms with Crippen molar-refractivity contribution in [3.05, 3.63) is 83.8 Å². The smallest absolute Gasteiger partial charge is 0.331 e. The van der Waals surface area contributed by atoms with E-state index in [2.05, 4.69) is 22.2 Å². The molecule has 0 saturated carbocycles.